The van der Waals surface area contributed by atoms with Gasteiger partial charge in [0.1, 0.15) is 4.75 Å². The summed E-state index contributed by atoms with van der Waals surface area (Å²) in [5.74, 6) is 5.08. The van der Waals surface area contributed by atoms with Gasteiger partial charge in [-0.25, -0.2) is 0 Å². The van der Waals surface area contributed by atoms with Crippen LogP contribution < -0.4 is 0 Å². The fraction of sp³-hybridized carbons (Fsp3) is 0.786. The molecule has 0 aliphatic heterocycles. The standard InChI is InChI=1S/C14H17NS/c1-16-14(7-15)6-10-5-11(14)13-9-3-2-8(4-9)12(10)13/h2-3,8-13H,4-6H2,1H3. The van der Waals surface area contributed by atoms with E-state index in [4.69, 9.17) is 0 Å². The van der Waals surface area contributed by atoms with Crippen LogP contribution in [0.15, 0.2) is 12.2 Å². The molecule has 3 saturated carbocycles. The Morgan fingerprint density at radius 1 is 1.25 bits per heavy atom. The molecule has 4 aliphatic carbocycles. The number of thioether (sulfide) groups is 1. The van der Waals surface area contributed by atoms with Crippen molar-refractivity contribution < 1.29 is 0 Å². The lowest BCUT2D eigenvalue weighted by atomic mass is 9.69. The van der Waals surface area contributed by atoms with Crippen molar-refractivity contribution in [2.24, 2.45) is 35.5 Å². The van der Waals surface area contributed by atoms with E-state index in [1.165, 1.54) is 19.3 Å². The van der Waals surface area contributed by atoms with Gasteiger partial charge in [0.2, 0.25) is 0 Å². The largest absolute Gasteiger partial charge is 0.197 e. The Labute approximate surface area is 101 Å². The lowest BCUT2D eigenvalue weighted by molar-refractivity contribution is 0.191. The van der Waals surface area contributed by atoms with Crippen molar-refractivity contribution >= 4 is 11.8 Å². The molecule has 0 saturated heterocycles. The fourth-order valence-corrected chi connectivity index (χ4v) is 6.47. The summed E-state index contributed by atoms with van der Waals surface area (Å²) in [6.45, 7) is 0. The Kier molecular flexibility index (Phi) is 1.72. The summed E-state index contributed by atoms with van der Waals surface area (Å²) in [6.07, 6.45) is 11.0. The predicted molar refractivity (Wildman–Crippen MR) is 65.8 cm³/mol. The molecule has 3 fully saturated rings. The topological polar surface area (TPSA) is 23.8 Å². The van der Waals surface area contributed by atoms with Gasteiger partial charge in [-0.3, -0.25) is 0 Å². The monoisotopic (exact) mass is 231 g/mol. The van der Waals surface area contributed by atoms with Crippen molar-refractivity contribution in [3.05, 3.63) is 12.2 Å². The van der Waals surface area contributed by atoms with Crippen molar-refractivity contribution in [2.45, 2.75) is 24.0 Å². The summed E-state index contributed by atoms with van der Waals surface area (Å²) in [4.78, 5) is 0. The van der Waals surface area contributed by atoms with Crippen LogP contribution in [0.5, 0.6) is 0 Å². The molecule has 4 rings (SSSR count). The molecule has 7 atom stereocenters. The minimum Gasteiger partial charge on any atom is -0.197 e. The van der Waals surface area contributed by atoms with Crippen molar-refractivity contribution in [3.8, 4) is 6.07 Å². The summed E-state index contributed by atoms with van der Waals surface area (Å²) in [5.41, 5.74) is 0. The summed E-state index contributed by atoms with van der Waals surface area (Å²) >= 11 is 1.83. The highest BCUT2D eigenvalue weighted by atomic mass is 32.2. The van der Waals surface area contributed by atoms with Gasteiger partial charge in [0.05, 0.1) is 6.07 Å². The minimum atomic E-state index is -0.0237. The Morgan fingerprint density at radius 3 is 2.69 bits per heavy atom. The Morgan fingerprint density at radius 2 is 2.00 bits per heavy atom. The zero-order valence-electron chi connectivity index (χ0n) is 9.60. The first-order valence-electron chi connectivity index (χ1n) is 6.44. The number of hydrogen-bond acceptors (Lipinski definition) is 2. The predicted octanol–water partition coefficient (Wildman–Crippen LogP) is 3.09. The molecule has 1 nitrogen and oxygen atoms in total. The highest BCUT2D eigenvalue weighted by molar-refractivity contribution is 8.00. The van der Waals surface area contributed by atoms with E-state index in [9.17, 15) is 5.26 Å². The Balaban J connectivity index is 1.76. The second-order valence-corrected chi connectivity index (χ2v) is 7.25. The van der Waals surface area contributed by atoms with Gasteiger partial charge < -0.3 is 0 Å². The SMILES string of the molecule is CSC1(C#N)CC2CC1C1C3C=CC(C3)C21. The minimum absolute atomic E-state index is 0.0237. The van der Waals surface area contributed by atoms with E-state index in [2.05, 4.69) is 24.5 Å². The van der Waals surface area contributed by atoms with Gasteiger partial charge in [0.25, 0.3) is 0 Å². The first kappa shape index (κ1) is 9.59. The third kappa shape index (κ3) is 0.874. The average Bonchev–Trinajstić information content (AvgIpc) is 3.05. The number of nitrogens with zero attached hydrogens (tertiary/aromatic N) is 1. The van der Waals surface area contributed by atoms with Gasteiger partial charge >= 0.3 is 0 Å². The van der Waals surface area contributed by atoms with Crippen LogP contribution in [0.2, 0.25) is 0 Å². The number of hydrogen-bond donors (Lipinski definition) is 0. The van der Waals surface area contributed by atoms with Crippen LogP contribution >= 0.6 is 11.8 Å². The zero-order valence-corrected chi connectivity index (χ0v) is 10.4. The number of rotatable bonds is 1. The average molecular weight is 231 g/mol. The zero-order chi connectivity index (χ0) is 10.9. The lowest BCUT2D eigenvalue weighted by Crippen LogP contribution is -2.40. The van der Waals surface area contributed by atoms with Crippen molar-refractivity contribution in [2.75, 3.05) is 6.26 Å². The highest BCUT2D eigenvalue weighted by Gasteiger charge is 2.66. The number of nitriles is 1. The van der Waals surface area contributed by atoms with Crippen molar-refractivity contribution in [1.29, 1.82) is 5.26 Å². The molecule has 0 aromatic carbocycles. The molecule has 16 heavy (non-hydrogen) atoms. The van der Waals surface area contributed by atoms with E-state index in [1.807, 2.05) is 11.8 Å². The maximum Gasteiger partial charge on any atom is 0.105 e. The van der Waals surface area contributed by atoms with E-state index in [0.717, 1.165) is 29.6 Å². The fourth-order valence-electron chi connectivity index (χ4n) is 5.44. The summed E-state index contributed by atoms with van der Waals surface area (Å²) in [5, 5.41) is 9.54. The second-order valence-electron chi connectivity index (χ2n) is 6.11. The second kappa shape index (κ2) is 2.88. The van der Waals surface area contributed by atoms with Crippen LogP contribution in [-0.4, -0.2) is 11.0 Å². The van der Waals surface area contributed by atoms with Gasteiger partial charge in [-0.05, 0) is 61.0 Å². The van der Waals surface area contributed by atoms with Crippen LogP contribution in [-0.2, 0) is 0 Å². The first-order chi connectivity index (χ1) is 7.79. The van der Waals surface area contributed by atoms with Crippen molar-refractivity contribution in [1.82, 2.24) is 0 Å². The maximum absolute atomic E-state index is 9.54. The highest BCUT2D eigenvalue weighted by Crippen LogP contribution is 2.70. The molecule has 4 aliphatic rings. The van der Waals surface area contributed by atoms with Crippen LogP contribution in [0.3, 0.4) is 0 Å². The van der Waals surface area contributed by atoms with E-state index < -0.39 is 0 Å². The molecule has 0 amide bonds. The van der Waals surface area contributed by atoms with Gasteiger partial charge in [0.15, 0.2) is 0 Å². The summed E-state index contributed by atoms with van der Waals surface area (Å²) < 4.78 is -0.0237. The maximum atomic E-state index is 9.54. The number of allylic oxidation sites excluding steroid dienone is 2. The molecule has 7 unspecified atom stereocenters. The molecule has 2 heteroatoms. The van der Waals surface area contributed by atoms with Crippen molar-refractivity contribution in [3.63, 3.8) is 0 Å². The van der Waals surface area contributed by atoms with Gasteiger partial charge in [-0.2, -0.15) is 5.26 Å². The molecule has 0 spiro atoms. The number of fused-ring (bicyclic) bond motifs is 9. The normalized spacial score (nSPS) is 60.2. The van der Waals surface area contributed by atoms with Crippen LogP contribution in [0.25, 0.3) is 0 Å². The van der Waals surface area contributed by atoms with E-state index in [-0.39, 0.29) is 4.75 Å². The molecule has 0 N–H and O–H groups in total. The molecule has 0 radical (unpaired) electrons. The van der Waals surface area contributed by atoms with E-state index in [1.54, 1.807) is 0 Å². The molecule has 0 aromatic rings. The molecular formula is C14H17NS. The molecule has 0 aromatic heterocycles. The Hall–Kier alpha value is -0.420. The Bertz CT molecular complexity index is 409. The molecule has 4 bridgehead atoms. The smallest absolute Gasteiger partial charge is 0.105 e. The summed E-state index contributed by atoms with van der Waals surface area (Å²) in [6, 6.07) is 2.67. The first-order valence-corrected chi connectivity index (χ1v) is 7.66. The lowest BCUT2D eigenvalue weighted by Gasteiger charge is -2.40. The van der Waals surface area contributed by atoms with Gasteiger partial charge in [-0.15, -0.1) is 11.8 Å². The van der Waals surface area contributed by atoms with Gasteiger partial charge in [-0.1, -0.05) is 12.2 Å². The molecular weight excluding hydrogens is 214 g/mol. The van der Waals surface area contributed by atoms with Gasteiger partial charge in [0, 0.05) is 0 Å². The van der Waals surface area contributed by atoms with Crippen LogP contribution in [0.4, 0.5) is 0 Å². The molecule has 84 valence electrons. The third-order valence-corrected chi connectivity index (χ3v) is 7.16. The quantitative estimate of drug-likeness (QED) is 0.511. The van der Waals surface area contributed by atoms with Crippen LogP contribution in [0.1, 0.15) is 19.3 Å². The van der Waals surface area contributed by atoms with E-state index >= 15 is 0 Å². The molecule has 0 heterocycles. The van der Waals surface area contributed by atoms with Crippen LogP contribution in [0, 0.1) is 46.8 Å². The summed E-state index contributed by atoms with van der Waals surface area (Å²) in [7, 11) is 0. The third-order valence-electron chi connectivity index (χ3n) is 5.87. The van der Waals surface area contributed by atoms with E-state index in [0.29, 0.717) is 5.92 Å².